The highest BCUT2D eigenvalue weighted by molar-refractivity contribution is 6.11. The molecule has 1 atom stereocenters. The SMILES string of the molecule is O=C(CC1(O)C(=O)N(CC=Cc2ccccc2)c2ccccc21)c1ccc2c(c1)OCO2. The Hall–Kier alpha value is -3.90. The number of benzene rings is 3. The van der Waals surface area contributed by atoms with Gasteiger partial charge in [-0.2, -0.15) is 0 Å². The lowest BCUT2D eigenvalue weighted by atomic mass is 9.88. The van der Waals surface area contributed by atoms with Crippen LogP contribution in [0, 0.1) is 0 Å². The number of carbonyl (C=O) groups is 2. The number of hydrogen-bond acceptors (Lipinski definition) is 5. The smallest absolute Gasteiger partial charge is 0.264 e. The number of carbonyl (C=O) groups excluding carboxylic acids is 2. The molecule has 0 saturated heterocycles. The van der Waals surface area contributed by atoms with Crippen LogP contribution in [-0.2, 0) is 10.4 Å². The van der Waals surface area contributed by atoms with Crippen molar-refractivity contribution in [2.24, 2.45) is 0 Å². The summed E-state index contributed by atoms with van der Waals surface area (Å²) in [4.78, 5) is 27.9. The lowest BCUT2D eigenvalue weighted by Crippen LogP contribution is -2.42. The van der Waals surface area contributed by atoms with Crippen LogP contribution in [0.15, 0.2) is 78.9 Å². The average Bonchev–Trinajstić information content (AvgIpc) is 3.37. The number of nitrogens with zero attached hydrogens (tertiary/aromatic N) is 1. The molecule has 1 N–H and O–H groups in total. The summed E-state index contributed by atoms with van der Waals surface area (Å²) < 4.78 is 10.6. The Bertz CT molecular complexity index is 1220. The molecule has 2 heterocycles. The molecule has 0 saturated carbocycles. The van der Waals surface area contributed by atoms with Crippen molar-refractivity contribution in [3.63, 3.8) is 0 Å². The van der Waals surface area contributed by atoms with E-state index in [1.54, 1.807) is 36.4 Å². The van der Waals surface area contributed by atoms with Gasteiger partial charge in [-0.1, -0.05) is 60.7 Å². The molecule has 1 unspecified atom stereocenters. The standard InChI is InChI=1S/C26H21NO5/c28-22(19-12-13-23-24(15-19)32-17-31-23)16-26(30)20-10-4-5-11-21(20)27(25(26)29)14-6-9-18-7-2-1-3-8-18/h1-13,15,30H,14,16-17H2. The minimum atomic E-state index is -1.93. The van der Waals surface area contributed by atoms with Crippen LogP contribution < -0.4 is 14.4 Å². The third-order valence-electron chi connectivity index (χ3n) is 5.75. The second kappa shape index (κ2) is 7.98. The maximum atomic E-state index is 13.3. The van der Waals surface area contributed by atoms with E-state index in [1.807, 2.05) is 48.6 Å². The first-order chi connectivity index (χ1) is 15.6. The molecular weight excluding hydrogens is 406 g/mol. The number of para-hydroxylation sites is 1. The summed E-state index contributed by atoms with van der Waals surface area (Å²) in [7, 11) is 0. The second-order valence-electron chi connectivity index (χ2n) is 7.77. The van der Waals surface area contributed by atoms with Gasteiger partial charge in [0.25, 0.3) is 5.91 Å². The van der Waals surface area contributed by atoms with Gasteiger partial charge in [0.05, 0.1) is 12.1 Å². The van der Waals surface area contributed by atoms with Crippen molar-refractivity contribution in [2.75, 3.05) is 18.2 Å². The van der Waals surface area contributed by atoms with Gasteiger partial charge in [0.15, 0.2) is 22.9 Å². The normalized spacial score (nSPS) is 18.9. The predicted molar refractivity (Wildman–Crippen MR) is 120 cm³/mol. The number of aliphatic hydroxyl groups is 1. The highest BCUT2D eigenvalue weighted by Gasteiger charge is 2.50. The summed E-state index contributed by atoms with van der Waals surface area (Å²) in [6.45, 7) is 0.388. The quantitative estimate of drug-likeness (QED) is 0.603. The topological polar surface area (TPSA) is 76.1 Å². The summed E-state index contributed by atoms with van der Waals surface area (Å²) in [5, 5.41) is 11.4. The average molecular weight is 427 g/mol. The fourth-order valence-electron chi connectivity index (χ4n) is 4.12. The minimum absolute atomic E-state index is 0.105. The van der Waals surface area contributed by atoms with Crippen LogP contribution in [0.5, 0.6) is 11.5 Å². The molecular formula is C26H21NO5. The van der Waals surface area contributed by atoms with Crippen molar-refractivity contribution in [1.29, 1.82) is 0 Å². The monoisotopic (exact) mass is 427 g/mol. The van der Waals surface area contributed by atoms with Crippen molar-refractivity contribution in [3.8, 4) is 11.5 Å². The molecule has 2 aliphatic heterocycles. The first-order valence-corrected chi connectivity index (χ1v) is 10.3. The molecule has 1 amide bonds. The van der Waals surface area contributed by atoms with Gasteiger partial charge in [0.2, 0.25) is 6.79 Å². The van der Waals surface area contributed by atoms with E-state index in [0.717, 1.165) is 5.56 Å². The molecule has 3 aromatic rings. The van der Waals surface area contributed by atoms with Gasteiger partial charge in [-0.3, -0.25) is 9.59 Å². The van der Waals surface area contributed by atoms with Gasteiger partial charge in [0, 0.05) is 17.7 Å². The second-order valence-corrected chi connectivity index (χ2v) is 7.77. The molecule has 5 rings (SSSR count). The lowest BCUT2D eigenvalue weighted by molar-refractivity contribution is -0.135. The number of ketones is 1. The summed E-state index contributed by atoms with van der Waals surface area (Å²) in [6.07, 6.45) is 3.43. The van der Waals surface area contributed by atoms with Gasteiger partial charge in [-0.05, 0) is 29.8 Å². The van der Waals surface area contributed by atoms with E-state index in [2.05, 4.69) is 0 Å². The summed E-state index contributed by atoms with van der Waals surface area (Å²) in [6, 6.07) is 21.7. The van der Waals surface area contributed by atoms with Gasteiger partial charge >= 0.3 is 0 Å². The van der Waals surface area contributed by atoms with Gasteiger partial charge in [-0.25, -0.2) is 0 Å². The van der Waals surface area contributed by atoms with E-state index < -0.39 is 11.5 Å². The van der Waals surface area contributed by atoms with Crippen LogP contribution in [0.25, 0.3) is 6.08 Å². The molecule has 0 aliphatic carbocycles. The maximum absolute atomic E-state index is 13.3. The van der Waals surface area contributed by atoms with Crippen molar-refractivity contribution >= 4 is 23.5 Å². The van der Waals surface area contributed by atoms with Crippen molar-refractivity contribution < 1.29 is 24.2 Å². The summed E-state index contributed by atoms with van der Waals surface area (Å²) >= 11 is 0. The number of rotatable bonds is 6. The molecule has 32 heavy (non-hydrogen) atoms. The Morgan fingerprint density at radius 2 is 1.75 bits per heavy atom. The van der Waals surface area contributed by atoms with Crippen molar-refractivity contribution in [3.05, 3.63) is 95.6 Å². The fraction of sp³-hybridized carbons (Fsp3) is 0.154. The Morgan fingerprint density at radius 3 is 2.59 bits per heavy atom. The number of ether oxygens (including phenoxy) is 2. The van der Waals surface area contributed by atoms with Crippen LogP contribution in [-0.4, -0.2) is 30.1 Å². The fourth-order valence-corrected chi connectivity index (χ4v) is 4.12. The molecule has 0 spiro atoms. The maximum Gasteiger partial charge on any atom is 0.264 e. The predicted octanol–water partition coefficient (Wildman–Crippen LogP) is 3.94. The molecule has 6 heteroatoms. The Labute approximate surface area is 185 Å². The van der Waals surface area contributed by atoms with Crippen LogP contribution in [0.4, 0.5) is 5.69 Å². The van der Waals surface area contributed by atoms with Crippen molar-refractivity contribution in [2.45, 2.75) is 12.0 Å². The molecule has 2 aliphatic rings. The third-order valence-corrected chi connectivity index (χ3v) is 5.75. The van der Waals surface area contributed by atoms with Crippen LogP contribution >= 0.6 is 0 Å². The van der Waals surface area contributed by atoms with Crippen molar-refractivity contribution in [1.82, 2.24) is 0 Å². The van der Waals surface area contributed by atoms with Crippen LogP contribution in [0.2, 0.25) is 0 Å². The van der Waals surface area contributed by atoms with E-state index in [0.29, 0.717) is 28.3 Å². The van der Waals surface area contributed by atoms with Gasteiger partial charge < -0.3 is 19.5 Å². The third kappa shape index (κ3) is 3.44. The van der Waals surface area contributed by atoms with Gasteiger partial charge in [0.1, 0.15) is 0 Å². The first kappa shape index (κ1) is 20.0. The minimum Gasteiger partial charge on any atom is -0.454 e. The van der Waals surface area contributed by atoms with Gasteiger partial charge in [-0.15, -0.1) is 0 Å². The highest BCUT2D eigenvalue weighted by Crippen LogP contribution is 2.43. The zero-order chi connectivity index (χ0) is 22.1. The van der Waals surface area contributed by atoms with E-state index in [9.17, 15) is 14.7 Å². The first-order valence-electron chi connectivity index (χ1n) is 10.3. The van der Waals surface area contributed by atoms with E-state index in [1.165, 1.54) is 4.90 Å². The highest BCUT2D eigenvalue weighted by atomic mass is 16.7. The Morgan fingerprint density at radius 1 is 1.00 bits per heavy atom. The summed E-state index contributed by atoms with van der Waals surface area (Å²) in [5.74, 6) is 0.189. The van der Waals surface area contributed by atoms with Crippen LogP contribution in [0.1, 0.15) is 27.9 Å². The summed E-state index contributed by atoms with van der Waals surface area (Å²) in [5.41, 5.74) is 0.490. The zero-order valence-corrected chi connectivity index (χ0v) is 17.2. The lowest BCUT2D eigenvalue weighted by Gasteiger charge is -2.22. The number of anilines is 1. The number of amides is 1. The molecule has 160 valence electrons. The Balaban J connectivity index is 1.40. The van der Waals surface area contributed by atoms with Crippen LogP contribution in [0.3, 0.4) is 0 Å². The van der Waals surface area contributed by atoms with E-state index >= 15 is 0 Å². The molecule has 0 aromatic heterocycles. The largest absolute Gasteiger partial charge is 0.454 e. The molecule has 0 radical (unpaired) electrons. The molecule has 0 fully saturated rings. The number of Topliss-reactive ketones (excluding diaryl/α,β-unsaturated/α-hetero) is 1. The molecule has 0 bridgehead atoms. The van der Waals surface area contributed by atoms with E-state index in [4.69, 9.17) is 9.47 Å². The van der Waals surface area contributed by atoms with E-state index in [-0.39, 0.29) is 25.5 Å². The molecule has 3 aromatic carbocycles. The number of fused-ring (bicyclic) bond motifs is 2. The Kier molecular flexibility index (Phi) is 4.99. The zero-order valence-electron chi connectivity index (χ0n) is 17.2. The molecule has 6 nitrogen and oxygen atoms in total. The number of hydrogen-bond donors (Lipinski definition) is 1.